The van der Waals surface area contributed by atoms with Gasteiger partial charge >= 0.3 is 0 Å². The summed E-state index contributed by atoms with van der Waals surface area (Å²) in [7, 11) is 0. The molecule has 4 nitrogen and oxygen atoms in total. The minimum Gasteiger partial charge on any atom is -0.309 e. The molecule has 0 saturated carbocycles. The normalized spacial score (nSPS) is 14.1. The molecule has 17 rings (SSSR count). The highest BCUT2D eigenvalue weighted by Crippen LogP contribution is 2.56. The molecule has 368 valence electrons. The van der Waals surface area contributed by atoms with Crippen molar-refractivity contribution < 1.29 is 0 Å². The third-order valence-corrected chi connectivity index (χ3v) is 18.2. The Morgan fingerprint density at radius 3 is 1.12 bits per heavy atom. The molecule has 12 aromatic carbocycles. The van der Waals surface area contributed by atoms with Gasteiger partial charge in [-0.2, -0.15) is 0 Å². The monoisotopic (exact) mass is 996 g/mol. The molecule has 0 atom stereocenters. The van der Waals surface area contributed by atoms with Crippen molar-refractivity contribution in [2.24, 2.45) is 0 Å². The SMILES string of the molecule is CC1(C)c2ccccc2-c2ccc(N(c3cccc4ccccc34)c3ccc4c5c3c3ccccc3n5c3ccc(N(c5ccc6c(c5)C(C)(C)c5ccccc5-6)c5cccc6ccccc56)c5c6ccccc6n4c53)cc21. The number of aromatic nitrogens is 2. The van der Waals surface area contributed by atoms with Gasteiger partial charge in [0.15, 0.2) is 0 Å². The Labute approximate surface area is 452 Å². The average molecular weight is 997 g/mol. The molecule has 2 aliphatic carbocycles. The third-order valence-electron chi connectivity index (χ3n) is 18.2. The van der Waals surface area contributed by atoms with Crippen LogP contribution in [0.2, 0.25) is 0 Å². The summed E-state index contributed by atoms with van der Waals surface area (Å²) in [5, 5.41) is 9.71. The minimum absolute atomic E-state index is 0.169. The van der Waals surface area contributed by atoms with Gasteiger partial charge in [0.25, 0.3) is 0 Å². The highest BCUT2D eigenvalue weighted by Gasteiger charge is 2.38. The second kappa shape index (κ2) is 15.5. The Bertz CT molecular complexity index is 4740. The summed E-state index contributed by atoms with van der Waals surface area (Å²) in [5.74, 6) is 0. The number of hydrogen-bond donors (Lipinski definition) is 0. The molecule has 15 aromatic rings. The van der Waals surface area contributed by atoms with Crippen molar-refractivity contribution in [3.8, 4) is 22.3 Å². The Morgan fingerprint density at radius 2 is 0.654 bits per heavy atom. The van der Waals surface area contributed by atoms with E-state index in [4.69, 9.17) is 0 Å². The molecule has 0 aliphatic heterocycles. The maximum absolute atomic E-state index is 2.58. The van der Waals surface area contributed by atoms with E-state index in [2.05, 4.69) is 289 Å². The number of nitrogens with zero attached hydrogens (tertiary/aromatic N) is 4. The predicted octanol–water partition coefficient (Wildman–Crippen LogP) is 20.1. The first-order valence-electron chi connectivity index (χ1n) is 27.4. The van der Waals surface area contributed by atoms with Gasteiger partial charge in [-0.3, -0.25) is 0 Å². The lowest BCUT2D eigenvalue weighted by Crippen LogP contribution is -2.17. The lowest BCUT2D eigenvalue weighted by atomic mass is 9.82. The van der Waals surface area contributed by atoms with Crippen LogP contribution < -0.4 is 9.80 Å². The Kier molecular flexibility index (Phi) is 8.66. The highest BCUT2D eigenvalue weighted by atomic mass is 15.2. The number of fused-ring (bicyclic) bond motifs is 16. The summed E-state index contributed by atoms with van der Waals surface area (Å²) >= 11 is 0. The Morgan fingerprint density at radius 1 is 0.282 bits per heavy atom. The van der Waals surface area contributed by atoms with Gasteiger partial charge in [0.1, 0.15) is 0 Å². The van der Waals surface area contributed by atoms with Crippen LogP contribution in [-0.2, 0) is 10.8 Å². The van der Waals surface area contributed by atoms with Gasteiger partial charge in [-0.1, -0.05) is 198 Å². The molecule has 0 saturated heterocycles. The maximum atomic E-state index is 2.58. The maximum Gasteiger partial charge on any atom is 0.0804 e. The Hall–Kier alpha value is -9.64. The van der Waals surface area contributed by atoms with Gasteiger partial charge < -0.3 is 18.6 Å². The molecule has 0 N–H and O–H groups in total. The quantitative estimate of drug-likeness (QED) is 0.154. The van der Waals surface area contributed by atoms with Crippen LogP contribution in [0.5, 0.6) is 0 Å². The molecule has 0 unspecified atom stereocenters. The molecule has 3 aromatic heterocycles. The zero-order valence-electron chi connectivity index (χ0n) is 43.9. The van der Waals surface area contributed by atoms with Crippen molar-refractivity contribution >= 4 is 110 Å². The fraction of sp³-hybridized carbons (Fsp3) is 0.0811. The van der Waals surface area contributed by atoms with E-state index in [1.54, 1.807) is 0 Å². The molecule has 2 aliphatic rings. The molecule has 4 heteroatoms. The van der Waals surface area contributed by atoms with Crippen LogP contribution >= 0.6 is 0 Å². The van der Waals surface area contributed by atoms with Gasteiger partial charge in [0.05, 0.1) is 55.8 Å². The topological polar surface area (TPSA) is 15.3 Å². The smallest absolute Gasteiger partial charge is 0.0804 e. The van der Waals surface area contributed by atoms with Crippen LogP contribution in [0.25, 0.3) is 98.4 Å². The molecule has 78 heavy (non-hydrogen) atoms. The largest absolute Gasteiger partial charge is 0.309 e. The van der Waals surface area contributed by atoms with Gasteiger partial charge in [-0.05, 0) is 128 Å². The van der Waals surface area contributed by atoms with Crippen molar-refractivity contribution in [2.75, 3.05) is 9.80 Å². The fourth-order valence-electron chi connectivity index (χ4n) is 14.6. The number of hydrogen-bond acceptors (Lipinski definition) is 2. The first-order valence-corrected chi connectivity index (χ1v) is 27.4. The zero-order chi connectivity index (χ0) is 51.8. The van der Waals surface area contributed by atoms with E-state index in [1.165, 1.54) is 110 Å². The first-order chi connectivity index (χ1) is 38.3. The summed E-state index contributed by atoms with van der Waals surface area (Å²) < 4.78 is 5.16. The van der Waals surface area contributed by atoms with E-state index in [-0.39, 0.29) is 10.8 Å². The molecular weight excluding hydrogens is 945 g/mol. The lowest BCUT2D eigenvalue weighted by Gasteiger charge is -2.30. The Balaban J connectivity index is 0.971. The fourth-order valence-corrected chi connectivity index (χ4v) is 14.6. The third kappa shape index (κ3) is 5.63. The summed E-state index contributed by atoms with van der Waals surface area (Å²) in [6, 6.07) is 91.3. The summed E-state index contributed by atoms with van der Waals surface area (Å²) in [6.45, 7) is 9.53. The van der Waals surface area contributed by atoms with Crippen LogP contribution in [0.4, 0.5) is 34.1 Å². The molecule has 0 fully saturated rings. The van der Waals surface area contributed by atoms with Gasteiger partial charge in [0.2, 0.25) is 0 Å². The van der Waals surface area contributed by atoms with Crippen LogP contribution in [0, 0.1) is 0 Å². The molecule has 0 bridgehead atoms. The van der Waals surface area contributed by atoms with Gasteiger partial charge in [-0.15, -0.1) is 0 Å². The van der Waals surface area contributed by atoms with E-state index >= 15 is 0 Å². The summed E-state index contributed by atoms with van der Waals surface area (Å²) in [6.07, 6.45) is 0. The van der Waals surface area contributed by atoms with Crippen molar-refractivity contribution in [2.45, 2.75) is 38.5 Å². The van der Waals surface area contributed by atoms with Crippen LogP contribution in [0.1, 0.15) is 49.9 Å². The van der Waals surface area contributed by atoms with Crippen LogP contribution in [0.15, 0.2) is 243 Å². The number of para-hydroxylation sites is 2. The van der Waals surface area contributed by atoms with Crippen molar-refractivity contribution in [1.82, 2.24) is 8.80 Å². The van der Waals surface area contributed by atoms with Crippen molar-refractivity contribution in [3.63, 3.8) is 0 Å². The minimum atomic E-state index is -0.169. The van der Waals surface area contributed by atoms with E-state index in [0.29, 0.717) is 0 Å². The van der Waals surface area contributed by atoms with E-state index in [0.717, 1.165) is 45.2 Å². The lowest BCUT2D eigenvalue weighted by molar-refractivity contribution is 0.660. The van der Waals surface area contributed by atoms with Crippen LogP contribution in [0.3, 0.4) is 0 Å². The molecule has 0 spiro atoms. The number of benzene rings is 12. The standard InChI is InChI=1S/C74H52N4/c1-73(2)57-29-13-9-25-51(57)53-37-35-47(43-59(53)73)75(61-33-17-21-45-19-5-7-23-49(45)61)65-39-41-67-71-69(65)55-27-11-15-31-63(55)77(71)68-42-40-66(70-56-28-12-16-32-64(56)78(67)72(68)70)76(62-34-18-22-46-20-6-8-24-50(46)62)48-36-38-54-52-26-10-14-30-58(52)74(3,4)60(54)44-48/h5-44H,1-4H3. The van der Waals surface area contributed by atoms with Gasteiger partial charge in [-0.25, -0.2) is 0 Å². The zero-order valence-corrected chi connectivity index (χ0v) is 43.9. The second-order valence-corrected chi connectivity index (χ2v) is 22.8. The van der Waals surface area contributed by atoms with Crippen molar-refractivity contribution in [1.29, 1.82) is 0 Å². The van der Waals surface area contributed by atoms with Crippen LogP contribution in [-0.4, -0.2) is 8.80 Å². The summed E-state index contributed by atoms with van der Waals surface area (Å²) in [4.78, 5) is 5.11. The highest BCUT2D eigenvalue weighted by molar-refractivity contribution is 6.28. The molecule has 3 heterocycles. The number of anilines is 6. The molecular formula is C74H52N4. The average Bonchev–Trinajstić information content (AvgIpc) is 4.17. The molecule has 0 radical (unpaired) electrons. The van der Waals surface area contributed by atoms with E-state index in [9.17, 15) is 0 Å². The van der Waals surface area contributed by atoms with Crippen molar-refractivity contribution in [3.05, 3.63) is 265 Å². The van der Waals surface area contributed by atoms with E-state index in [1.807, 2.05) is 0 Å². The second-order valence-electron chi connectivity index (χ2n) is 22.8. The number of rotatable bonds is 6. The predicted molar refractivity (Wildman–Crippen MR) is 329 cm³/mol. The summed E-state index contributed by atoms with van der Waals surface area (Å²) in [5.41, 5.74) is 24.3. The first kappa shape index (κ1) is 43.6. The van der Waals surface area contributed by atoms with E-state index < -0.39 is 0 Å². The van der Waals surface area contributed by atoms with Gasteiger partial charge in [0, 0.05) is 54.5 Å². The molecule has 0 amide bonds.